The number of non-ortho nitro benzene ring substituents is 1. The molecule has 3 amide bonds. The minimum absolute atomic E-state index is 0.0312. The van der Waals surface area contributed by atoms with E-state index in [4.69, 9.17) is 11.6 Å². The van der Waals surface area contributed by atoms with Gasteiger partial charge in [0.2, 0.25) is 11.8 Å². The van der Waals surface area contributed by atoms with Gasteiger partial charge in [0.25, 0.3) is 11.6 Å². The third kappa shape index (κ3) is 7.69. The van der Waals surface area contributed by atoms with Gasteiger partial charge in [0.15, 0.2) is 0 Å². The normalized spacial score (nSPS) is 12.8. The second kappa shape index (κ2) is 11.4. The number of amides is 3. The third-order valence-electron chi connectivity index (χ3n) is 4.31. The van der Waals surface area contributed by atoms with Crippen molar-refractivity contribution >= 4 is 35.0 Å². The van der Waals surface area contributed by atoms with Gasteiger partial charge in [-0.3, -0.25) is 24.5 Å². The molecule has 2 unspecified atom stereocenters. The molecule has 0 aliphatic rings. The van der Waals surface area contributed by atoms with Crippen LogP contribution in [0.2, 0.25) is 5.02 Å². The summed E-state index contributed by atoms with van der Waals surface area (Å²) in [6.45, 7) is 7.51. The molecule has 0 aliphatic carbocycles. The molecule has 2 atom stereocenters. The molecule has 0 radical (unpaired) electrons. The van der Waals surface area contributed by atoms with Crippen LogP contribution < -0.4 is 16.0 Å². The number of carbonyl (C=O) groups is 3. The topological polar surface area (TPSA) is 130 Å². The highest BCUT2D eigenvalue weighted by atomic mass is 35.5. The molecule has 0 saturated carbocycles. The Morgan fingerprint density at radius 1 is 1.17 bits per heavy atom. The highest BCUT2D eigenvalue weighted by Gasteiger charge is 2.26. The molecule has 10 heteroatoms. The quantitative estimate of drug-likeness (QED) is 0.390. The number of hydrogen-bond donors (Lipinski definition) is 3. The smallest absolute Gasteiger partial charge is 0.270 e. The summed E-state index contributed by atoms with van der Waals surface area (Å²) in [5, 5.41) is 18.7. The van der Waals surface area contributed by atoms with Crippen molar-refractivity contribution in [3.8, 4) is 0 Å². The number of rotatable bonds is 10. The van der Waals surface area contributed by atoms with Gasteiger partial charge >= 0.3 is 0 Å². The Kier molecular flexibility index (Phi) is 9.54. The predicted octanol–water partition coefficient (Wildman–Crippen LogP) is 2.42. The number of nitrogens with one attached hydrogen (secondary N) is 3. The lowest BCUT2D eigenvalue weighted by atomic mass is 10.0. The maximum Gasteiger partial charge on any atom is 0.270 e. The molecule has 0 spiro atoms. The summed E-state index contributed by atoms with van der Waals surface area (Å²) in [4.78, 5) is 46.9. The maximum absolute atomic E-state index is 12.5. The summed E-state index contributed by atoms with van der Waals surface area (Å²) in [6.07, 6.45) is 0.938. The average molecular weight is 427 g/mol. The molecule has 0 heterocycles. The van der Waals surface area contributed by atoms with Crippen molar-refractivity contribution in [3.05, 3.63) is 38.9 Å². The Morgan fingerprint density at radius 2 is 1.83 bits per heavy atom. The van der Waals surface area contributed by atoms with Crippen LogP contribution in [0.5, 0.6) is 0 Å². The van der Waals surface area contributed by atoms with Crippen LogP contribution in [-0.4, -0.2) is 41.3 Å². The summed E-state index contributed by atoms with van der Waals surface area (Å²) >= 11 is 5.97. The van der Waals surface area contributed by atoms with Gasteiger partial charge in [-0.2, -0.15) is 0 Å². The molecule has 0 aliphatic heterocycles. The van der Waals surface area contributed by atoms with Crippen LogP contribution >= 0.6 is 11.6 Å². The molecule has 29 heavy (non-hydrogen) atoms. The van der Waals surface area contributed by atoms with E-state index >= 15 is 0 Å². The van der Waals surface area contributed by atoms with Crippen LogP contribution in [0.4, 0.5) is 5.69 Å². The summed E-state index contributed by atoms with van der Waals surface area (Å²) in [6, 6.07) is 2.70. The van der Waals surface area contributed by atoms with E-state index < -0.39 is 22.8 Å². The van der Waals surface area contributed by atoms with Gasteiger partial charge in [0.1, 0.15) is 6.04 Å². The first-order chi connectivity index (χ1) is 13.6. The molecule has 1 aromatic carbocycles. The minimum atomic E-state index is -0.855. The molecule has 0 aromatic heterocycles. The van der Waals surface area contributed by atoms with Crippen molar-refractivity contribution in [2.75, 3.05) is 6.54 Å². The molecular weight excluding hydrogens is 400 g/mol. The average Bonchev–Trinajstić information content (AvgIpc) is 2.64. The zero-order valence-corrected chi connectivity index (χ0v) is 17.7. The Balaban J connectivity index is 2.70. The molecule has 3 N–H and O–H groups in total. The molecule has 1 rings (SSSR count). The van der Waals surface area contributed by atoms with Gasteiger partial charge in [-0.1, -0.05) is 32.4 Å². The van der Waals surface area contributed by atoms with Crippen LogP contribution in [0.15, 0.2) is 18.2 Å². The van der Waals surface area contributed by atoms with Crippen molar-refractivity contribution < 1.29 is 19.3 Å². The Morgan fingerprint density at radius 3 is 2.34 bits per heavy atom. The van der Waals surface area contributed by atoms with E-state index in [2.05, 4.69) is 16.0 Å². The van der Waals surface area contributed by atoms with E-state index in [1.54, 1.807) is 13.8 Å². The van der Waals surface area contributed by atoms with Gasteiger partial charge < -0.3 is 16.0 Å². The monoisotopic (exact) mass is 426 g/mol. The van der Waals surface area contributed by atoms with Crippen molar-refractivity contribution in [2.24, 2.45) is 5.92 Å². The number of nitro benzene ring substituents is 1. The molecule has 0 fully saturated rings. The van der Waals surface area contributed by atoms with E-state index in [1.165, 1.54) is 12.1 Å². The zero-order chi connectivity index (χ0) is 22.1. The van der Waals surface area contributed by atoms with E-state index in [0.717, 1.165) is 12.5 Å². The number of nitrogens with zero attached hydrogens (tertiary/aromatic N) is 1. The second-order valence-corrected chi connectivity index (χ2v) is 7.44. The van der Waals surface area contributed by atoms with E-state index in [-0.39, 0.29) is 47.1 Å². The lowest BCUT2D eigenvalue weighted by Crippen LogP contribution is -2.50. The van der Waals surface area contributed by atoms with Crippen molar-refractivity contribution in [1.29, 1.82) is 0 Å². The molecule has 0 saturated heterocycles. The number of halogens is 1. The minimum Gasteiger partial charge on any atom is -0.354 e. The highest BCUT2D eigenvalue weighted by Crippen LogP contribution is 2.22. The fourth-order valence-electron chi connectivity index (χ4n) is 2.41. The Labute approximate surface area is 174 Å². The molecule has 160 valence electrons. The van der Waals surface area contributed by atoms with Crippen LogP contribution in [0.25, 0.3) is 0 Å². The van der Waals surface area contributed by atoms with Gasteiger partial charge in [0, 0.05) is 31.1 Å². The van der Waals surface area contributed by atoms with Crippen LogP contribution in [0.3, 0.4) is 0 Å². The number of nitro groups is 1. The van der Waals surface area contributed by atoms with E-state index in [0.29, 0.717) is 0 Å². The second-order valence-electron chi connectivity index (χ2n) is 7.03. The van der Waals surface area contributed by atoms with Crippen molar-refractivity contribution in [3.63, 3.8) is 0 Å². The summed E-state index contributed by atoms with van der Waals surface area (Å²) < 4.78 is 0. The van der Waals surface area contributed by atoms with Crippen LogP contribution in [-0.2, 0) is 9.59 Å². The van der Waals surface area contributed by atoms with Crippen LogP contribution in [0, 0.1) is 16.0 Å². The summed E-state index contributed by atoms with van der Waals surface area (Å²) in [5.41, 5.74) is -0.205. The Hall–Kier alpha value is -2.68. The Bertz CT molecular complexity index is 769. The summed E-state index contributed by atoms with van der Waals surface area (Å²) in [7, 11) is 0. The largest absolute Gasteiger partial charge is 0.354 e. The first kappa shape index (κ1) is 24.4. The number of carbonyl (C=O) groups excluding carboxylic acids is 3. The van der Waals surface area contributed by atoms with Gasteiger partial charge in [-0.15, -0.1) is 0 Å². The van der Waals surface area contributed by atoms with Gasteiger partial charge in [-0.05, 0) is 25.3 Å². The van der Waals surface area contributed by atoms with Gasteiger partial charge in [-0.25, -0.2) is 0 Å². The molecular formula is C19H27ClN4O5. The lowest BCUT2D eigenvalue weighted by Gasteiger charge is -2.22. The van der Waals surface area contributed by atoms with Crippen molar-refractivity contribution in [1.82, 2.24) is 16.0 Å². The first-order valence-electron chi connectivity index (χ1n) is 9.38. The standard InChI is InChI=1S/C19H27ClN4O5/c1-5-12(4)22-16(25)8-9-21-19(27)17(11(2)3)23-18(26)14-7-6-13(24(28)29)10-15(14)20/h6-7,10-12,17H,5,8-9H2,1-4H3,(H,21,27)(H,22,25)(H,23,26). The maximum atomic E-state index is 12.5. The summed E-state index contributed by atoms with van der Waals surface area (Å²) in [5.74, 6) is -1.44. The fourth-order valence-corrected chi connectivity index (χ4v) is 2.67. The van der Waals surface area contributed by atoms with Gasteiger partial charge in [0.05, 0.1) is 15.5 Å². The first-order valence-corrected chi connectivity index (χ1v) is 9.76. The SMILES string of the molecule is CCC(C)NC(=O)CCNC(=O)C(NC(=O)c1ccc([N+](=O)[O-])cc1Cl)C(C)C. The molecule has 0 bridgehead atoms. The van der Waals surface area contributed by atoms with E-state index in [9.17, 15) is 24.5 Å². The van der Waals surface area contributed by atoms with E-state index in [1.807, 2.05) is 13.8 Å². The molecule has 1 aromatic rings. The predicted molar refractivity (Wildman–Crippen MR) is 110 cm³/mol. The van der Waals surface area contributed by atoms with Crippen molar-refractivity contribution in [2.45, 2.75) is 52.6 Å². The number of hydrogen-bond acceptors (Lipinski definition) is 5. The zero-order valence-electron chi connectivity index (χ0n) is 17.0. The lowest BCUT2D eigenvalue weighted by molar-refractivity contribution is -0.384. The molecule has 9 nitrogen and oxygen atoms in total. The highest BCUT2D eigenvalue weighted by molar-refractivity contribution is 6.34. The van der Waals surface area contributed by atoms with Crippen LogP contribution in [0.1, 0.15) is 50.9 Å². The fraction of sp³-hybridized carbons (Fsp3) is 0.526. The third-order valence-corrected chi connectivity index (χ3v) is 4.63. The number of benzene rings is 1.